The fraction of sp³-hybridized carbons (Fsp3) is 0.143. The lowest BCUT2D eigenvalue weighted by Gasteiger charge is -2.25. The highest BCUT2D eigenvalue weighted by atomic mass is 32.2. The highest BCUT2D eigenvalue weighted by Crippen LogP contribution is 2.36. The minimum Gasteiger partial charge on any atom is -0.406 e. The summed E-state index contributed by atoms with van der Waals surface area (Å²) in [5.41, 5.74) is 0.125. The molecule has 3 rings (SSSR count). The Balaban J connectivity index is 2.04. The topological polar surface area (TPSA) is 55.8 Å². The van der Waals surface area contributed by atoms with E-state index in [0.29, 0.717) is 0 Å². The van der Waals surface area contributed by atoms with Crippen LogP contribution in [0.5, 0.6) is 11.5 Å². The van der Waals surface area contributed by atoms with E-state index >= 15 is 0 Å². The number of thioether (sulfide) groups is 1. The molecular weight excluding hydrogens is 508 g/mol. The van der Waals surface area contributed by atoms with Gasteiger partial charge in [0, 0.05) is 4.90 Å². The number of halogens is 6. The van der Waals surface area contributed by atoms with Gasteiger partial charge in [0.15, 0.2) is 0 Å². The van der Waals surface area contributed by atoms with Gasteiger partial charge in [0.2, 0.25) is 0 Å². The maximum absolute atomic E-state index is 13.4. The molecule has 0 aliphatic rings. The van der Waals surface area contributed by atoms with Gasteiger partial charge >= 0.3 is 12.7 Å². The molecule has 0 amide bonds. The van der Waals surface area contributed by atoms with Crippen LogP contribution in [-0.4, -0.2) is 27.4 Å². The molecule has 0 fully saturated rings. The van der Waals surface area contributed by atoms with Gasteiger partial charge in [-0.2, -0.15) is 0 Å². The molecule has 0 aliphatic heterocycles. The van der Waals surface area contributed by atoms with Crippen molar-refractivity contribution in [3.05, 3.63) is 72.8 Å². The number of benzene rings is 3. The van der Waals surface area contributed by atoms with Gasteiger partial charge < -0.3 is 9.47 Å². The van der Waals surface area contributed by atoms with Crippen LogP contribution in [0.15, 0.2) is 82.6 Å². The fourth-order valence-corrected chi connectivity index (χ4v) is 4.74. The average molecular weight is 523 g/mol. The number of sulfonamides is 1. The third-order valence-electron chi connectivity index (χ3n) is 4.21. The molecule has 0 atom stereocenters. The largest absolute Gasteiger partial charge is 0.573 e. The Morgan fingerprint density at radius 2 is 1.06 bits per heavy atom. The van der Waals surface area contributed by atoms with E-state index < -0.39 is 34.2 Å². The molecule has 0 heterocycles. The van der Waals surface area contributed by atoms with Crippen molar-refractivity contribution in [3.63, 3.8) is 0 Å². The molecule has 5 nitrogen and oxygen atoms in total. The van der Waals surface area contributed by atoms with E-state index in [1.807, 2.05) is 6.26 Å². The summed E-state index contributed by atoms with van der Waals surface area (Å²) in [4.78, 5) is 0.454. The normalized spacial score (nSPS) is 12.3. The molecule has 0 spiro atoms. The van der Waals surface area contributed by atoms with Crippen LogP contribution in [0.25, 0.3) is 0 Å². The van der Waals surface area contributed by atoms with Crippen molar-refractivity contribution in [2.75, 3.05) is 10.6 Å². The number of hydrogen-bond donors (Lipinski definition) is 0. The monoisotopic (exact) mass is 523 g/mol. The minimum absolute atomic E-state index is 0.0259. The summed E-state index contributed by atoms with van der Waals surface area (Å²) in [5.74, 6) is -1.17. The zero-order chi connectivity index (χ0) is 25.1. The standard InChI is InChI=1S/C21H15F6NO4S2/c1-33-18-10-4-15(5-11-18)28(14-2-6-16(7-3-14)31-20(22,23)24)34(29,30)19-12-8-17(9-13-19)32-21(25,26)27/h2-13H,1H3. The summed E-state index contributed by atoms with van der Waals surface area (Å²) in [7, 11) is -4.41. The van der Waals surface area contributed by atoms with E-state index in [2.05, 4.69) is 9.47 Å². The lowest BCUT2D eigenvalue weighted by Crippen LogP contribution is -2.26. The summed E-state index contributed by atoms with van der Waals surface area (Å²) in [6.07, 6.45) is -8.07. The average Bonchev–Trinajstić information content (AvgIpc) is 2.74. The molecule has 0 unspecified atom stereocenters. The van der Waals surface area contributed by atoms with Crippen LogP contribution in [0.4, 0.5) is 37.7 Å². The van der Waals surface area contributed by atoms with E-state index in [0.717, 1.165) is 57.7 Å². The molecular formula is C21H15F6NO4S2. The second kappa shape index (κ2) is 9.66. The van der Waals surface area contributed by atoms with Crippen LogP contribution in [0, 0.1) is 0 Å². The highest BCUT2D eigenvalue weighted by Gasteiger charge is 2.33. The van der Waals surface area contributed by atoms with Crippen LogP contribution in [0.1, 0.15) is 0 Å². The van der Waals surface area contributed by atoms with Gasteiger partial charge in [0.1, 0.15) is 11.5 Å². The molecule has 0 bridgehead atoms. The van der Waals surface area contributed by atoms with Crippen LogP contribution in [0.2, 0.25) is 0 Å². The van der Waals surface area contributed by atoms with Crippen molar-refractivity contribution in [2.24, 2.45) is 0 Å². The summed E-state index contributed by atoms with van der Waals surface area (Å²) in [6.45, 7) is 0. The predicted molar refractivity (Wildman–Crippen MR) is 114 cm³/mol. The van der Waals surface area contributed by atoms with Gasteiger partial charge in [-0.1, -0.05) is 0 Å². The van der Waals surface area contributed by atoms with E-state index in [1.54, 1.807) is 12.1 Å². The van der Waals surface area contributed by atoms with Crippen LogP contribution < -0.4 is 13.8 Å². The van der Waals surface area contributed by atoms with E-state index in [1.165, 1.54) is 23.9 Å². The number of ether oxygens (including phenoxy) is 2. The van der Waals surface area contributed by atoms with Gasteiger partial charge in [0.25, 0.3) is 10.0 Å². The highest BCUT2D eigenvalue weighted by molar-refractivity contribution is 7.98. The molecule has 0 N–H and O–H groups in total. The zero-order valence-corrected chi connectivity index (χ0v) is 18.7. The van der Waals surface area contributed by atoms with Crippen molar-refractivity contribution >= 4 is 33.2 Å². The van der Waals surface area contributed by atoms with Crippen molar-refractivity contribution < 1.29 is 44.2 Å². The Hall–Kier alpha value is -3.06. The maximum atomic E-state index is 13.4. The number of anilines is 2. The van der Waals surface area contributed by atoms with Crippen LogP contribution >= 0.6 is 11.8 Å². The van der Waals surface area contributed by atoms with Gasteiger partial charge in [-0.3, -0.25) is 0 Å². The van der Waals surface area contributed by atoms with Crippen molar-refractivity contribution in [1.29, 1.82) is 0 Å². The lowest BCUT2D eigenvalue weighted by molar-refractivity contribution is -0.275. The first-order valence-electron chi connectivity index (χ1n) is 9.19. The Labute approximate surface area is 195 Å². The molecule has 0 saturated carbocycles. The van der Waals surface area contributed by atoms with Crippen LogP contribution in [-0.2, 0) is 10.0 Å². The first kappa shape index (κ1) is 25.6. The lowest BCUT2D eigenvalue weighted by atomic mass is 10.2. The number of hydrogen-bond acceptors (Lipinski definition) is 5. The Morgan fingerprint density at radius 1 is 0.676 bits per heavy atom. The zero-order valence-electron chi connectivity index (χ0n) is 17.1. The Morgan fingerprint density at radius 3 is 1.44 bits per heavy atom. The number of rotatable bonds is 7. The SMILES string of the molecule is CSc1ccc(N(c2ccc(OC(F)(F)F)cc2)S(=O)(=O)c2ccc(OC(F)(F)F)cc2)cc1. The summed E-state index contributed by atoms with van der Waals surface area (Å²) < 4.78 is 110. The Bertz CT molecular complexity index is 1210. The van der Waals surface area contributed by atoms with Crippen molar-refractivity contribution in [1.82, 2.24) is 0 Å². The molecule has 3 aromatic carbocycles. The van der Waals surface area contributed by atoms with Crippen molar-refractivity contribution in [3.8, 4) is 11.5 Å². The summed E-state index contributed by atoms with van der Waals surface area (Å²) in [6, 6.07) is 13.9. The third-order valence-corrected chi connectivity index (χ3v) is 6.72. The molecule has 13 heteroatoms. The third kappa shape index (κ3) is 6.50. The second-order valence-electron chi connectivity index (χ2n) is 6.53. The molecule has 0 radical (unpaired) electrons. The van der Waals surface area contributed by atoms with Gasteiger partial charge in [-0.25, -0.2) is 12.7 Å². The van der Waals surface area contributed by atoms with Gasteiger partial charge in [-0.05, 0) is 79.1 Å². The van der Waals surface area contributed by atoms with Gasteiger partial charge in [-0.15, -0.1) is 38.1 Å². The number of nitrogens with zero attached hydrogens (tertiary/aromatic N) is 1. The molecule has 0 saturated heterocycles. The summed E-state index contributed by atoms with van der Waals surface area (Å²) >= 11 is 1.41. The molecule has 3 aromatic rings. The van der Waals surface area contributed by atoms with E-state index in [9.17, 15) is 34.8 Å². The molecule has 182 valence electrons. The predicted octanol–water partition coefficient (Wildman–Crippen LogP) is 6.73. The number of alkyl halides is 6. The minimum atomic E-state index is -4.95. The molecule has 0 aliphatic carbocycles. The maximum Gasteiger partial charge on any atom is 0.573 e. The molecule has 34 heavy (non-hydrogen) atoms. The van der Waals surface area contributed by atoms with Crippen molar-refractivity contribution in [2.45, 2.75) is 22.5 Å². The second-order valence-corrected chi connectivity index (χ2v) is 9.19. The van der Waals surface area contributed by atoms with E-state index in [-0.39, 0.29) is 16.3 Å². The Kier molecular flexibility index (Phi) is 7.26. The first-order valence-corrected chi connectivity index (χ1v) is 11.9. The smallest absolute Gasteiger partial charge is 0.406 e. The molecule has 0 aromatic heterocycles. The van der Waals surface area contributed by atoms with E-state index in [4.69, 9.17) is 0 Å². The van der Waals surface area contributed by atoms with Crippen LogP contribution in [0.3, 0.4) is 0 Å². The fourth-order valence-electron chi connectivity index (χ4n) is 2.85. The summed E-state index contributed by atoms with van der Waals surface area (Å²) in [5, 5.41) is 0. The quantitative estimate of drug-likeness (QED) is 0.254. The van der Waals surface area contributed by atoms with Gasteiger partial charge in [0.05, 0.1) is 16.3 Å². The first-order chi connectivity index (χ1) is 15.8.